The van der Waals surface area contributed by atoms with E-state index in [2.05, 4.69) is 10.6 Å². The van der Waals surface area contributed by atoms with Crippen molar-refractivity contribution < 1.29 is 29.4 Å². The van der Waals surface area contributed by atoms with Crippen molar-refractivity contribution in [1.29, 1.82) is 0 Å². The van der Waals surface area contributed by atoms with Crippen LogP contribution >= 0.6 is 23.2 Å². The van der Waals surface area contributed by atoms with Crippen LogP contribution in [0.15, 0.2) is 42.5 Å². The molecule has 1 fully saturated rings. The van der Waals surface area contributed by atoms with Gasteiger partial charge in [-0.3, -0.25) is 14.4 Å². The highest BCUT2D eigenvalue weighted by Gasteiger charge is 2.52. The predicted molar refractivity (Wildman–Crippen MR) is 132 cm³/mol. The maximum Gasteiger partial charge on any atom is 0.326 e. The van der Waals surface area contributed by atoms with Gasteiger partial charge in [-0.1, -0.05) is 55.2 Å². The van der Waals surface area contributed by atoms with Gasteiger partial charge in [-0.2, -0.15) is 0 Å². The molecule has 0 aromatic heterocycles. The average molecular weight is 521 g/mol. The third kappa shape index (κ3) is 6.13. The predicted octanol–water partition coefficient (Wildman–Crippen LogP) is 4.49. The Labute approximate surface area is 212 Å². The highest BCUT2D eigenvalue weighted by molar-refractivity contribution is 6.40. The monoisotopic (exact) mass is 520 g/mol. The Bertz CT molecular complexity index is 1130. The van der Waals surface area contributed by atoms with E-state index in [4.69, 9.17) is 23.2 Å². The number of carbonyl (C=O) groups excluding carboxylic acids is 2. The van der Waals surface area contributed by atoms with Crippen LogP contribution in [0.3, 0.4) is 0 Å². The summed E-state index contributed by atoms with van der Waals surface area (Å²) in [6.07, 6.45) is 0.494. The van der Waals surface area contributed by atoms with Crippen LogP contribution in [0.2, 0.25) is 10.0 Å². The van der Waals surface area contributed by atoms with Crippen molar-refractivity contribution in [1.82, 2.24) is 5.32 Å². The molecule has 1 saturated carbocycles. The lowest BCUT2D eigenvalue weighted by Crippen LogP contribution is -2.51. The zero-order valence-corrected chi connectivity index (χ0v) is 20.7. The Balaban J connectivity index is 1.58. The van der Waals surface area contributed by atoms with Gasteiger partial charge in [0.2, 0.25) is 5.91 Å². The van der Waals surface area contributed by atoms with E-state index in [1.165, 1.54) is 0 Å². The number of hydrogen-bond donors (Lipinski definition) is 4. The summed E-state index contributed by atoms with van der Waals surface area (Å²) in [4.78, 5) is 48.0. The normalized spacial score (nSPS) is 19.2. The fourth-order valence-electron chi connectivity index (χ4n) is 4.33. The third-order valence-corrected chi connectivity index (χ3v) is 7.31. The summed E-state index contributed by atoms with van der Waals surface area (Å²) in [5.41, 5.74) is 0.723. The van der Waals surface area contributed by atoms with Crippen LogP contribution in [-0.4, -0.2) is 40.0 Å². The number of carbonyl (C=O) groups is 4. The molecule has 186 valence electrons. The molecule has 2 aromatic carbocycles. The van der Waals surface area contributed by atoms with E-state index in [1.807, 2.05) is 13.8 Å². The molecular weight excluding hydrogens is 495 g/mol. The Morgan fingerprint density at radius 2 is 1.63 bits per heavy atom. The molecule has 3 rings (SSSR count). The molecule has 0 unspecified atom stereocenters. The summed E-state index contributed by atoms with van der Waals surface area (Å²) < 4.78 is 0. The zero-order valence-electron chi connectivity index (χ0n) is 19.2. The minimum atomic E-state index is -1.18. The number of rotatable bonds is 9. The summed E-state index contributed by atoms with van der Waals surface area (Å²) in [7, 11) is 0. The first kappa shape index (κ1) is 26.5. The molecule has 4 N–H and O–H groups in total. The van der Waals surface area contributed by atoms with E-state index in [0.717, 1.165) is 0 Å². The van der Waals surface area contributed by atoms with Gasteiger partial charge in [0.15, 0.2) is 0 Å². The number of amides is 2. The number of carboxylic acids is 2. The first-order valence-electron chi connectivity index (χ1n) is 11.0. The summed E-state index contributed by atoms with van der Waals surface area (Å²) in [6, 6.07) is 10.1. The van der Waals surface area contributed by atoms with Gasteiger partial charge < -0.3 is 20.8 Å². The highest BCUT2D eigenvalue weighted by atomic mass is 35.5. The van der Waals surface area contributed by atoms with Crippen molar-refractivity contribution in [3.63, 3.8) is 0 Å². The van der Waals surface area contributed by atoms with E-state index < -0.39 is 41.1 Å². The van der Waals surface area contributed by atoms with Gasteiger partial charge >= 0.3 is 11.9 Å². The zero-order chi connectivity index (χ0) is 25.9. The second kappa shape index (κ2) is 10.7. The van der Waals surface area contributed by atoms with Crippen LogP contribution in [0, 0.1) is 17.3 Å². The molecule has 35 heavy (non-hydrogen) atoms. The molecule has 2 aromatic rings. The van der Waals surface area contributed by atoms with Gasteiger partial charge in [0.25, 0.3) is 5.91 Å². The minimum Gasteiger partial charge on any atom is -0.481 e. The lowest BCUT2D eigenvalue weighted by molar-refractivity contribution is -0.160. The number of carboxylic acid groups (broad SMARTS) is 2. The molecule has 0 bridgehead atoms. The summed E-state index contributed by atoms with van der Waals surface area (Å²) in [5.74, 6) is -3.62. The summed E-state index contributed by atoms with van der Waals surface area (Å²) in [5, 5.41) is 24.5. The molecule has 0 spiro atoms. The molecule has 2 amide bonds. The van der Waals surface area contributed by atoms with Crippen LogP contribution in [0.1, 0.15) is 42.6 Å². The molecular formula is C25H26Cl2N2O6. The fraction of sp³-hybridized carbons (Fsp3) is 0.360. The standard InChI is InChI=1S/C25H26Cl2N2O6/c1-25(2)14(11-16(25)23(32)33)12-20(30)29-19(24(34)35)10-13-6-8-15(9-7-13)28-22(31)21-17(26)4-3-5-18(21)27/h3-9,14,16,19H,10-12H2,1-2H3,(H,28,31)(H,29,30)(H,32,33)(H,34,35)/t14-,16+,19+/m1/s1. The number of nitrogens with one attached hydrogen (secondary N) is 2. The number of anilines is 1. The Morgan fingerprint density at radius 1 is 1.03 bits per heavy atom. The van der Waals surface area contributed by atoms with E-state index >= 15 is 0 Å². The second-order valence-electron chi connectivity index (χ2n) is 9.26. The maximum absolute atomic E-state index is 12.5. The van der Waals surface area contributed by atoms with Crippen molar-refractivity contribution in [2.75, 3.05) is 5.32 Å². The van der Waals surface area contributed by atoms with Gasteiger partial charge in [0.05, 0.1) is 21.5 Å². The molecule has 0 saturated heterocycles. The molecule has 3 atom stereocenters. The van der Waals surface area contributed by atoms with Crippen molar-refractivity contribution >= 4 is 52.6 Å². The minimum absolute atomic E-state index is 0.0391. The van der Waals surface area contributed by atoms with Crippen LogP contribution in [0.25, 0.3) is 0 Å². The van der Waals surface area contributed by atoms with Crippen LogP contribution in [-0.2, 0) is 20.8 Å². The summed E-state index contributed by atoms with van der Waals surface area (Å²) in [6.45, 7) is 3.61. The van der Waals surface area contributed by atoms with Crippen LogP contribution in [0.5, 0.6) is 0 Å². The molecule has 0 aliphatic heterocycles. The van der Waals surface area contributed by atoms with Crippen molar-refractivity contribution in [2.24, 2.45) is 17.3 Å². The highest BCUT2D eigenvalue weighted by Crippen LogP contribution is 2.52. The van der Waals surface area contributed by atoms with E-state index in [9.17, 15) is 29.4 Å². The van der Waals surface area contributed by atoms with Gasteiger partial charge in [-0.15, -0.1) is 0 Å². The largest absolute Gasteiger partial charge is 0.481 e. The SMILES string of the molecule is CC1(C)[C@@H](CC(=O)N[C@@H](Cc2ccc(NC(=O)c3c(Cl)cccc3Cl)cc2)C(=O)O)C[C@H]1C(=O)O. The first-order chi connectivity index (χ1) is 16.4. The van der Waals surface area contributed by atoms with Crippen molar-refractivity contribution in [2.45, 2.75) is 39.2 Å². The number of halogens is 2. The molecule has 0 radical (unpaired) electrons. The second-order valence-corrected chi connectivity index (χ2v) is 10.1. The van der Waals surface area contributed by atoms with E-state index in [1.54, 1.807) is 42.5 Å². The van der Waals surface area contributed by atoms with Crippen molar-refractivity contribution in [3.05, 3.63) is 63.6 Å². The first-order valence-corrected chi connectivity index (χ1v) is 11.7. The molecule has 1 aliphatic rings. The Hall–Kier alpha value is -3.10. The van der Waals surface area contributed by atoms with Crippen LogP contribution in [0.4, 0.5) is 5.69 Å². The Kier molecular flexibility index (Phi) is 8.07. The van der Waals surface area contributed by atoms with Gasteiger partial charge in [-0.05, 0) is 47.6 Å². The molecule has 8 nitrogen and oxygen atoms in total. The fourth-order valence-corrected chi connectivity index (χ4v) is 4.90. The van der Waals surface area contributed by atoms with E-state index in [0.29, 0.717) is 17.7 Å². The third-order valence-electron chi connectivity index (χ3n) is 6.68. The number of benzene rings is 2. The quantitative estimate of drug-likeness (QED) is 0.384. The average Bonchev–Trinajstić information content (AvgIpc) is 2.76. The van der Waals surface area contributed by atoms with Gasteiger partial charge in [0, 0.05) is 18.5 Å². The lowest BCUT2D eigenvalue weighted by Gasteiger charge is -2.49. The molecule has 0 heterocycles. The lowest BCUT2D eigenvalue weighted by atomic mass is 9.54. The summed E-state index contributed by atoms with van der Waals surface area (Å²) >= 11 is 12.1. The molecule has 1 aliphatic carbocycles. The topological polar surface area (TPSA) is 133 Å². The Morgan fingerprint density at radius 3 is 2.14 bits per heavy atom. The number of aliphatic carboxylic acids is 2. The van der Waals surface area contributed by atoms with Crippen molar-refractivity contribution in [3.8, 4) is 0 Å². The van der Waals surface area contributed by atoms with Gasteiger partial charge in [-0.25, -0.2) is 4.79 Å². The van der Waals surface area contributed by atoms with E-state index in [-0.39, 0.29) is 34.4 Å². The van der Waals surface area contributed by atoms with Crippen LogP contribution < -0.4 is 10.6 Å². The maximum atomic E-state index is 12.5. The van der Waals surface area contributed by atoms with Gasteiger partial charge in [0.1, 0.15) is 6.04 Å². The molecule has 10 heteroatoms. The smallest absolute Gasteiger partial charge is 0.326 e. The number of hydrogen-bond acceptors (Lipinski definition) is 4.